The predicted octanol–water partition coefficient (Wildman–Crippen LogP) is 7.66. The van der Waals surface area contributed by atoms with Gasteiger partial charge in [-0.25, -0.2) is 13.2 Å². The number of H-pyrrole nitrogens is 1. The Kier molecular flexibility index (Phi) is 6.32. The highest BCUT2D eigenvalue weighted by Gasteiger charge is 2.39. The molecule has 11 heteroatoms. The van der Waals surface area contributed by atoms with E-state index in [1.54, 1.807) is 18.2 Å². The second-order valence-electron chi connectivity index (χ2n) is 9.57. The fourth-order valence-electron chi connectivity index (χ4n) is 5.39. The van der Waals surface area contributed by atoms with Gasteiger partial charge in [0.05, 0.1) is 18.4 Å². The van der Waals surface area contributed by atoms with E-state index in [0.29, 0.717) is 29.1 Å². The molecule has 0 spiro atoms. The average molecular weight is 570 g/mol. The number of carbonyl (C=O) groups excluding carboxylic acids is 1. The number of nitrogens with zero attached hydrogens (tertiary/aromatic N) is 1. The smallest absolute Gasteiger partial charge is 0.417 e. The molecule has 0 radical (unpaired) electrons. The van der Waals surface area contributed by atoms with E-state index in [2.05, 4.69) is 4.98 Å². The van der Waals surface area contributed by atoms with E-state index in [4.69, 9.17) is 9.15 Å². The third kappa shape index (κ3) is 4.51. The van der Waals surface area contributed by atoms with Crippen LogP contribution in [0.5, 0.6) is 5.75 Å². The first kappa shape index (κ1) is 26.5. The minimum absolute atomic E-state index is 0.0217. The number of aromatic amines is 1. The summed E-state index contributed by atoms with van der Waals surface area (Å²) in [6, 6.07) is 12.7. The minimum Gasteiger partial charge on any atom is -0.497 e. The second kappa shape index (κ2) is 9.76. The van der Waals surface area contributed by atoms with Gasteiger partial charge in [-0.1, -0.05) is 18.2 Å². The number of nitrogens with one attached hydrogen (secondary N) is 1. The van der Waals surface area contributed by atoms with Crippen LogP contribution in [0.1, 0.15) is 39.0 Å². The van der Waals surface area contributed by atoms with Crippen molar-refractivity contribution >= 4 is 16.8 Å². The molecule has 0 saturated carbocycles. The summed E-state index contributed by atoms with van der Waals surface area (Å²) in [7, 11) is 1.51. The Labute approximate surface area is 228 Å². The van der Waals surface area contributed by atoms with Crippen LogP contribution in [0, 0.1) is 17.5 Å². The lowest BCUT2D eigenvalue weighted by Crippen LogP contribution is -2.41. The highest BCUT2D eigenvalue weighted by Crippen LogP contribution is 2.43. The fraction of sp³-hybridized carbons (Fsp3) is 0.167. The summed E-state index contributed by atoms with van der Waals surface area (Å²) in [5, 5.41) is 0.782. The van der Waals surface area contributed by atoms with E-state index in [1.165, 1.54) is 37.4 Å². The standard InChI is InChI=1S/C30H20F6N2O3/c1-40-16-6-7-23-19(14-16)17-10-11-38(29(39)26-21(32)12-15(31)13-22(26)33)28(27(17)37-23)25-9-8-24(41-25)18-4-2-3-5-20(18)30(34,35)36/h2-9,12-14,28,37H,10-11H2,1H3/t28-/m1/s1. The summed E-state index contributed by atoms with van der Waals surface area (Å²) in [6.45, 7) is -0.0217. The molecule has 0 fully saturated rings. The van der Waals surface area contributed by atoms with Gasteiger partial charge in [0.15, 0.2) is 0 Å². The van der Waals surface area contributed by atoms with Crippen molar-refractivity contribution in [2.24, 2.45) is 0 Å². The summed E-state index contributed by atoms with van der Waals surface area (Å²) in [6.07, 6.45) is -4.38. The molecule has 1 amide bonds. The molecular formula is C30H20F6N2O3. The summed E-state index contributed by atoms with van der Waals surface area (Å²) in [5.41, 5.74) is -0.152. The summed E-state index contributed by atoms with van der Waals surface area (Å²) in [4.78, 5) is 18.0. The molecule has 41 heavy (non-hydrogen) atoms. The van der Waals surface area contributed by atoms with E-state index in [-0.39, 0.29) is 30.0 Å². The number of furan rings is 1. The van der Waals surface area contributed by atoms with Crippen LogP contribution in [0.15, 0.2) is 71.1 Å². The van der Waals surface area contributed by atoms with Gasteiger partial charge in [0.1, 0.15) is 46.3 Å². The maximum atomic E-state index is 14.7. The third-order valence-corrected chi connectivity index (χ3v) is 7.21. The number of carbonyl (C=O) groups is 1. The Morgan fingerprint density at radius 3 is 2.44 bits per heavy atom. The number of ether oxygens (including phenoxy) is 1. The lowest BCUT2D eigenvalue weighted by Gasteiger charge is -2.35. The number of aromatic nitrogens is 1. The monoisotopic (exact) mass is 570 g/mol. The van der Waals surface area contributed by atoms with Crippen LogP contribution >= 0.6 is 0 Å². The Balaban J connectivity index is 1.52. The van der Waals surface area contributed by atoms with E-state index in [1.807, 2.05) is 0 Å². The number of rotatable bonds is 4. The Bertz CT molecular complexity index is 1780. The first-order valence-electron chi connectivity index (χ1n) is 12.5. The van der Waals surface area contributed by atoms with Gasteiger partial charge in [0.2, 0.25) is 0 Å². The molecule has 3 heterocycles. The van der Waals surface area contributed by atoms with Crippen LogP contribution < -0.4 is 4.74 Å². The van der Waals surface area contributed by atoms with Crippen molar-refractivity contribution in [2.45, 2.75) is 18.6 Å². The molecule has 0 bridgehead atoms. The quantitative estimate of drug-likeness (QED) is 0.226. The second-order valence-corrected chi connectivity index (χ2v) is 9.57. The van der Waals surface area contributed by atoms with Crippen LogP contribution in [0.25, 0.3) is 22.2 Å². The van der Waals surface area contributed by atoms with Crippen molar-refractivity contribution in [3.8, 4) is 17.1 Å². The topological polar surface area (TPSA) is 58.5 Å². The Morgan fingerprint density at radius 2 is 1.73 bits per heavy atom. The third-order valence-electron chi connectivity index (χ3n) is 7.21. The molecule has 1 N–H and O–H groups in total. The van der Waals surface area contributed by atoms with Crippen LogP contribution in [-0.4, -0.2) is 29.4 Å². The van der Waals surface area contributed by atoms with Gasteiger partial charge in [-0.05, 0) is 48.4 Å². The highest BCUT2D eigenvalue weighted by atomic mass is 19.4. The Hall–Kier alpha value is -4.67. The SMILES string of the molecule is COc1ccc2[nH]c3c(c2c1)CCN(C(=O)c1c(F)cc(F)cc1F)[C@@H]3c1ccc(-c2ccccc2C(F)(F)F)o1. The van der Waals surface area contributed by atoms with Crippen molar-refractivity contribution in [3.63, 3.8) is 0 Å². The van der Waals surface area contributed by atoms with Crippen molar-refractivity contribution in [1.29, 1.82) is 0 Å². The number of fused-ring (bicyclic) bond motifs is 3. The zero-order chi connectivity index (χ0) is 29.1. The largest absolute Gasteiger partial charge is 0.497 e. The maximum Gasteiger partial charge on any atom is 0.417 e. The molecule has 1 aliphatic heterocycles. The number of benzene rings is 3. The number of methoxy groups -OCH3 is 1. The zero-order valence-corrected chi connectivity index (χ0v) is 21.3. The molecule has 2 aromatic heterocycles. The molecule has 1 atom stereocenters. The normalized spacial score (nSPS) is 15.3. The van der Waals surface area contributed by atoms with E-state index >= 15 is 0 Å². The number of halogens is 6. The van der Waals surface area contributed by atoms with Gasteiger partial charge in [0, 0.05) is 35.1 Å². The van der Waals surface area contributed by atoms with Gasteiger partial charge >= 0.3 is 6.18 Å². The van der Waals surface area contributed by atoms with Gasteiger partial charge < -0.3 is 19.0 Å². The van der Waals surface area contributed by atoms with Crippen molar-refractivity contribution in [2.75, 3.05) is 13.7 Å². The lowest BCUT2D eigenvalue weighted by atomic mass is 9.94. The van der Waals surface area contributed by atoms with Crippen LogP contribution in [0.2, 0.25) is 0 Å². The van der Waals surface area contributed by atoms with Crippen molar-refractivity contribution in [3.05, 3.63) is 112 Å². The summed E-state index contributed by atoms with van der Waals surface area (Å²) in [5.74, 6) is -4.47. The molecule has 5 aromatic rings. The number of hydrogen-bond acceptors (Lipinski definition) is 3. The summed E-state index contributed by atoms with van der Waals surface area (Å²) < 4.78 is 95.5. The minimum atomic E-state index is -4.66. The number of alkyl halides is 3. The average Bonchev–Trinajstić information content (AvgIpc) is 3.56. The van der Waals surface area contributed by atoms with E-state index in [0.717, 1.165) is 21.9 Å². The molecule has 3 aromatic carbocycles. The van der Waals surface area contributed by atoms with Crippen LogP contribution in [0.4, 0.5) is 26.3 Å². The first-order valence-corrected chi connectivity index (χ1v) is 12.5. The first-order chi connectivity index (χ1) is 19.6. The van der Waals surface area contributed by atoms with Crippen LogP contribution in [-0.2, 0) is 12.6 Å². The predicted molar refractivity (Wildman–Crippen MR) is 137 cm³/mol. The van der Waals surface area contributed by atoms with Crippen LogP contribution in [0.3, 0.4) is 0 Å². The molecular weight excluding hydrogens is 550 g/mol. The van der Waals surface area contributed by atoms with Gasteiger partial charge in [-0.3, -0.25) is 4.79 Å². The molecule has 1 aliphatic rings. The highest BCUT2D eigenvalue weighted by molar-refractivity contribution is 5.96. The van der Waals surface area contributed by atoms with Gasteiger partial charge in [0.25, 0.3) is 5.91 Å². The number of hydrogen-bond donors (Lipinski definition) is 1. The maximum absolute atomic E-state index is 14.7. The Morgan fingerprint density at radius 1 is 1.00 bits per heavy atom. The van der Waals surface area contributed by atoms with Gasteiger partial charge in [-0.2, -0.15) is 13.2 Å². The van der Waals surface area contributed by atoms with E-state index in [9.17, 15) is 31.1 Å². The summed E-state index contributed by atoms with van der Waals surface area (Å²) >= 11 is 0. The van der Waals surface area contributed by atoms with Crippen molar-refractivity contribution < 1.29 is 40.3 Å². The molecule has 0 aliphatic carbocycles. The van der Waals surface area contributed by atoms with E-state index < -0.39 is 46.7 Å². The molecule has 210 valence electrons. The zero-order valence-electron chi connectivity index (χ0n) is 21.3. The van der Waals surface area contributed by atoms with Gasteiger partial charge in [-0.15, -0.1) is 0 Å². The van der Waals surface area contributed by atoms with Crippen molar-refractivity contribution in [1.82, 2.24) is 9.88 Å². The number of amides is 1. The lowest BCUT2D eigenvalue weighted by molar-refractivity contribution is -0.137. The molecule has 5 nitrogen and oxygen atoms in total. The molecule has 6 rings (SSSR count). The molecule has 0 unspecified atom stereocenters. The molecule has 0 saturated heterocycles. The fourth-order valence-corrected chi connectivity index (χ4v) is 5.39.